The van der Waals surface area contributed by atoms with E-state index in [2.05, 4.69) is 40.6 Å². The van der Waals surface area contributed by atoms with Gasteiger partial charge in [0.25, 0.3) is 0 Å². The molecule has 1 atom stereocenters. The van der Waals surface area contributed by atoms with Crippen LogP contribution in [-0.4, -0.2) is 26.4 Å². The van der Waals surface area contributed by atoms with Gasteiger partial charge in [0.1, 0.15) is 12.4 Å². The summed E-state index contributed by atoms with van der Waals surface area (Å²) < 4.78 is 8.10. The topological polar surface area (TPSA) is 69.0 Å². The highest BCUT2D eigenvalue weighted by Gasteiger charge is 2.16. The van der Waals surface area contributed by atoms with E-state index in [-0.39, 0.29) is 17.7 Å². The van der Waals surface area contributed by atoms with Crippen molar-refractivity contribution in [1.29, 1.82) is 0 Å². The number of aromatic nitrogens is 3. The summed E-state index contributed by atoms with van der Waals surface area (Å²) in [4.78, 5) is 12.4. The molecule has 0 unspecified atom stereocenters. The number of carbonyl (C=O) groups is 1. The average molecular weight is 461 g/mol. The predicted molar refractivity (Wildman–Crippen MR) is 132 cm³/mol. The fourth-order valence-electron chi connectivity index (χ4n) is 3.79. The van der Waals surface area contributed by atoms with E-state index in [1.807, 2.05) is 66.9 Å². The summed E-state index contributed by atoms with van der Waals surface area (Å²) in [5.41, 5.74) is 2.19. The second-order valence-electron chi connectivity index (χ2n) is 7.83. The Morgan fingerprint density at radius 3 is 2.61 bits per heavy atom. The lowest BCUT2D eigenvalue weighted by molar-refractivity contribution is -0.119. The van der Waals surface area contributed by atoms with Crippen molar-refractivity contribution in [2.24, 2.45) is 0 Å². The largest absolute Gasteiger partial charge is 0.485 e. The highest BCUT2D eigenvalue weighted by molar-refractivity contribution is 7.99. The van der Waals surface area contributed by atoms with Gasteiger partial charge in [-0.25, -0.2) is 0 Å². The van der Waals surface area contributed by atoms with Crippen molar-refractivity contribution in [2.45, 2.75) is 45.1 Å². The number of aryl methyl sites for hydroxylation is 1. The second-order valence-corrected chi connectivity index (χ2v) is 8.77. The van der Waals surface area contributed by atoms with Crippen LogP contribution in [0.1, 0.15) is 36.8 Å². The molecular formula is C26H28N4O2S. The maximum absolute atomic E-state index is 12.4. The predicted octanol–water partition coefficient (Wildman–Crippen LogP) is 5.31. The fourth-order valence-corrected chi connectivity index (χ4v) is 4.63. The van der Waals surface area contributed by atoms with Gasteiger partial charge in [-0.05, 0) is 48.7 Å². The number of fused-ring (bicyclic) bond motifs is 1. The lowest BCUT2D eigenvalue weighted by atomic mass is 10.0. The van der Waals surface area contributed by atoms with E-state index < -0.39 is 0 Å². The number of rotatable bonds is 9. The molecule has 0 saturated carbocycles. The minimum atomic E-state index is -0.0440. The molecule has 0 spiro atoms. The van der Waals surface area contributed by atoms with E-state index in [0.717, 1.165) is 22.7 Å². The highest BCUT2D eigenvalue weighted by Crippen LogP contribution is 2.28. The molecule has 0 aliphatic carbocycles. The summed E-state index contributed by atoms with van der Waals surface area (Å²) in [6, 6.07) is 22.2. The number of hydrogen-bond donors (Lipinski definition) is 1. The van der Waals surface area contributed by atoms with Crippen LogP contribution in [-0.2, 0) is 17.9 Å². The summed E-state index contributed by atoms with van der Waals surface area (Å²) in [5.74, 6) is 1.82. The molecule has 1 N–H and O–H groups in total. The van der Waals surface area contributed by atoms with Crippen molar-refractivity contribution in [3.05, 3.63) is 83.7 Å². The zero-order valence-corrected chi connectivity index (χ0v) is 19.9. The monoisotopic (exact) mass is 460 g/mol. The summed E-state index contributed by atoms with van der Waals surface area (Å²) in [6.07, 6.45) is 0. The molecule has 6 nitrogen and oxygen atoms in total. The Kier molecular flexibility index (Phi) is 7.29. The van der Waals surface area contributed by atoms with Crippen LogP contribution in [0.4, 0.5) is 0 Å². The van der Waals surface area contributed by atoms with Gasteiger partial charge in [0, 0.05) is 6.54 Å². The molecule has 1 amide bonds. The van der Waals surface area contributed by atoms with Crippen LogP contribution in [0.2, 0.25) is 0 Å². The van der Waals surface area contributed by atoms with Gasteiger partial charge in [-0.15, -0.1) is 10.2 Å². The first-order chi connectivity index (χ1) is 16.1. The summed E-state index contributed by atoms with van der Waals surface area (Å²) >= 11 is 1.39. The number of amides is 1. The quantitative estimate of drug-likeness (QED) is 0.343. The number of benzene rings is 3. The van der Waals surface area contributed by atoms with Crippen molar-refractivity contribution in [3.63, 3.8) is 0 Å². The number of nitrogens with one attached hydrogen (secondary N) is 1. The third-order valence-corrected chi connectivity index (χ3v) is 6.59. The van der Waals surface area contributed by atoms with E-state index in [9.17, 15) is 4.79 Å². The van der Waals surface area contributed by atoms with Crippen LogP contribution in [0.25, 0.3) is 10.8 Å². The Bertz CT molecular complexity index is 1240. The Hall–Kier alpha value is -3.32. The van der Waals surface area contributed by atoms with Gasteiger partial charge in [-0.2, -0.15) is 0 Å². The molecule has 170 valence electrons. The fraction of sp³-hybridized carbons (Fsp3) is 0.269. The maximum atomic E-state index is 12.4. The zero-order valence-electron chi connectivity index (χ0n) is 19.1. The lowest BCUT2D eigenvalue weighted by Gasteiger charge is -2.14. The molecular weight excluding hydrogens is 432 g/mol. The smallest absolute Gasteiger partial charge is 0.230 e. The summed E-state index contributed by atoms with van der Waals surface area (Å²) in [6.45, 7) is 7.11. The van der Waals surface area contributed by atoms with Gasteiger partial charge in [-0.1, -0.05) is 72.4 Å². The van der Waals surface area contributed by atoms with E-state index in [4.69, 9.17) is 4.74 Å². The minimum absolute atomic E-state index is 0.0356. The Morgan fingerprint density at radius 1 is 1.06 bits per heavy atom. The molecule has 0 aliphatic heterocycles. The molecule has 0 bridgehead atoms. The van der Waals surface area contributed by atoms with Crippen LogP contribution in [0, 0.1) is 6.92 Å². The third-order valence-electron chi connectivity index (χ3n) is 5.62. The molecule has 4 aromatic rings. The van der Waals surface area contributed by atoms with Crippen molar-refractivity contribution in [3.8, 4) is 5.75 Å². The van der Waals surface area contributed by atoms with Crippen molar-refractivity contribution in [1.82, 2.24) is 20.1 Å². The summed E-state index contributed by atoms with van der Waals surface area (Å²) in [5, 5.41) is 14.7. The SMILES string of the molecule is CCn1c(COc2ccc3ccccc3c2C)nnc1SCC(=O)N[C@@H](C)c1ccccc1. The minimum Gasteiger partial charge on any atom is -0.485 e. The maximum Gasteiger partial charge on any atom is 0.230 e. The number of hydrogen-bond acceptors (Lipinski definition) is 5. The first-order valence-corrected chi connectivity index (χ1v) is 12.1. The molecule has 7 heteroatoms. The van der Waals surface area contributed by atoms with Gasteiger partial charge in [0.2, 0.25) is 5.91 Å². The highest BCUT2D eigenvalue weighted by atomic mass is 32.2. The number of nitrogens with zero attached hydrogens (tertiary/aromatic N) is 3. The molecule has 0 saturated heterocycles. The van der Waals surface area contributed by atoms with Crippen LogP contribution in [0.15, 0.2) is 71.9 Å². The van der Waals surface area contributed by atoms with Crippen molar-refractivity contribution >= 4 is 28.4 Å². The van der Waals surface area contributed by atoms with Crippen LogP contribution in [0.5, 0.6) is 5.75 Å². The number of ether oxygens (including phenoxy) is 1. The first kappa shape index (κ1) is 22.9. The van der Waals surface area contributed by atoms with E-state index in [1.165, 1.54) is 22.5 Å². The standard InChI is InChI=1S/C26H28N4O2S/c1-4-30-24(16-32-23-15-14-21-12-8-9-13-22(21)18(23)2)28-29-26(30)33-17-25(31)27-19(3)20-10-6-5-7-11-20/h5-15,19H,4,16-17H2,1-3H3,(H,27,31)/t19-/m0/s1. The van der Waals surface area contributed by atoms with Gasteiger partial charge in [-0.3, -0.25) is 4.79 Å². The van der Waals surface area contributed by atoms with E-state index >= 15 is 0 Å². The van der Waals surface area contributed by atoms with E-state index in [1.54, 1.807) is 0 Å². The first-order valence-electron chi connectivity index (χ1n) is 11.1. The molecule has 0 fully saturated rings. The van der Waals surface area contributed by atoms with Gasteiger partial charge >= 0.3 is 0 Å². The Labute approximate surface area is 198 Å². The normalized spacial score (nSPS) is 12.0. The average Bonchev–Trinajstić information content (AvgIpc) is 3.24. The van der Waals surface area contributed by atoms with Gasteiger partial charge in [0.15, 0.2) is 11.0 Å². The number of thioether (sulfide) groups is 1. The van der Waals surface area contributed by atoms with Crippen LogP contribution >= 0.6 is 11.8 Å². The Morgan fingerprint density at radius 2 is 1.82 bits per heavy atom. The summed E-state index contributed by atoms with van der Waals surface area (Å²) in [7, 11) is 0. The molecule has 1 aromatic heterocycles. The van der Waals surface area contributed by atoms with Crippen molar-refractivity contribution < 1.29 is 9.53 Å². The second kappa shape index (κ2) is 10.5. The zero-order chi connectivity index (χ0) is 23.2. The lowest BCUT2D eigenvalue weighted by Crippen LogP contribution is -2.28. The number of carbonyl (C=O) groups excluding carboxylic acids is 1. The third kappa shape index (κ3) is 5.37. The molecule has 33 heavy (non-hydrogen) atoms. The molecule has 0 radical (unpaired) electrons. The van der Waals surface area contributed by atoms with Gasteiger partial charge < -0.3 is 14.6 Å². The van der Waals surface area contributed by atoms with Crippen LogP contribution in [0.3, 0.4) is 0 Å². The molecule has 4 rings (SSSR count). The van der Waals surface area contributed by atoms with Gasteiger partial charge in [0.05, 0.1) is 11.8 Å². The van der Waals surface area contributed by atoms with Crippen molar-refractivity contribution in [2.75, 3.05) is 5.75 Å². The Balaban J connectivity index is 1.37. The molecule has 3 aromatic carbocycles. The van der Waals surface area contributed by atoms with E-state index in [0.29, 0.717) is 18.3 Å². The molecule has 0 aliphatic rings. The molecule has 1 heterocycles. The van der Waals surface area contributed by atoms with Crippen LogP contribution < -0.4 is 10.1 Å².